The van der Waals surface area contributed by atoms with Gasteiger partial charge in [-0.3, -0.25) is 4.98 Å². The molecule has 0 aromatic carbocycles. The first-order valence-electron chi connectivity index (χ1n) is 8.16. The van der Waals surface area contributed by atoms with Gasteiger partial charge < -0.3 is 10.2 Å². The first-order chi connectivity index (χ1) is 11.2. The van der Waals surface area contributed by atoms with Crippen molar-refractivity contribution in [1.82, 2.24) is 15.0 Å². The molecule has 0 spiro atoms. The molecular formula is C17H20FN5. The molecule has 1 saturated heterocycles. The second-order valence-corrected chi connectivity index (χ2v) is 6.37. The Morgan fingerprint density at radius 3 is 2.74 bits per heavy atom. The smallest absolute Gasteiger partial charge is 0.140 e. The van der Waals surface area contributed by atoms with Crippen LogP contribution in [0.3, 0.4) is 0 Å². The Balaban J connectivity index is 1.45. The number of piperidine rings is 1. The maximum atomic E-state index is 15.1. The fourth-order valence-corrected chi connectivity index (χ4v) is 3.04. The molecule has 0 bridgehead atoms. The van der Waals surface area contributed by atoms with Gasteiger partial charge in [-0.05, 0) is 18.9 Å². The molecular weight excluding hydrogens is 293 g/mol. The zero-order valence-corrected chi connectivity index (χ0v) is 13.0. The van der Waals surface area contributed by atoms with Gasteiger partial charge in [-0.2, -0.15) is 0 Å². The maximum absolute atomic E-state index is 15.1. The van der Waals surface area contributed by atoms with Gasteiger partial charge in [-0.25, -0.2) is 14.4 Å². The van der Waals surface area contributed by atoms with Crippen molar-refractivity contribution in [2.24, 2.45) is 0 Å². The number of halogens is 1. The SMILES string of the molecule is FC1(c2cccnc2)CCN(c2cc(NC3CC3)ncn2)CC1. The Labute approximate surface area is 135 Å². The fourth-order valence-electron chi connectivity index (χ4n) is 3.04. The van der Waals surface area contributed by atoms with Crippen LogP contribution in [-0.4, -0.2) is 34.1 Å². The number of aromatic nitrogens is 3. The van der Waals surface area contributed by atoms with E-state index in [0.29, 0.717) is 37.5 Å². The average Bonchev–Trinajstić information content (AvgIpc) is 3.41. The number of nitrogens with one attached hydrogen (secondary N) is 1. The van der Waals surface area contributed by atoms with Crippen LogP contribution in [0.25, 0.3) is 0 Å². The molecule has 1 saturated carbocycles. The predicted octanol–water partition coefficient (Wildman–Crippen LogP) is 2.91. The summed E-state index contributed by atoms with van der Waals surface area (Å²) in [5.41, 5.74) is -0.606. The molecule has 2 aromatic heterocycles. The summed E-state index contributed by atoms with van der Waals surface area (Å²) in [5.74, 6) is 1.73. The lowest BCUT2D eigenvalue weighted by Gasteiger charge is -2.37. The van der Waals surface area contributed by atoms with Crippen molar-refractivity contribution in [2.75, 3.05) is 23.3 Å². The summed E-state index contributed by atoms with van der Waals surface area (Å²) in [7, 11) is 0. The van der Waals surface area contributed by atoms with Gasteiger partial charge in [0.05, 0.1) is 0 Å². The molecule has 2 fully saturated rings. The molecule has 23 heavy (non-hydrogen) atoms. The molecule has 1 N–H and O–H groups in total. The average molecular weight is 313 g/mol. The molecule has 2 aliphatic rings. The van der Waals surface area contributed by atoms with E-state index < -0.39 is 5.67 Å². The number of nitrogens with zero attached hydrogens (tertiary/aromatic N) is 4. The van der Waals surface area contributed by atoms with Gasteiger partial charge in [0, 0.05) is 56.0 Å². The lowest BCUT2D eigenvalue weighted by molar-refractivity contribution is 0.124. The van der Waals surface area contributed by atoms with Crippen molar-refractivity contribution in [3.8, 4) is 0 Å². The van der Waals surface area contributed by atoms with Crippen LogP contribution in [0.15, 0.2) is 36.9 Å². The Hall–Kier alpha value is -2.24. The van der Waals surface area contributed by atoms with Crippen LogP contribution < -0.4 is 10.2 Å². The van der Waals surface area contributed by atoms with E-state index in [4.69, 9.17) is 0 Å². The zero-order valence-electron chi connectivity index (χ0n) is 13.0. The van der Waals surface area contributed by atoms with Crippen molar-refractivity contribution in [3.05, 3.63) is 42.5 Å². The molecule has 4 rings (SSSR count). The van der Waals surface area contributed by atoms with Crippen LogP contribution in [0, 0.1) is 0 Å². The third-order valence-electron chi connectivity index (χ3n) is 4.64. The minimum atomic E-state index is -1.28. The first kappa shape index (κ1) is 14.4. The Morgan fingerprint density at radius 1 is 1.22 bits per heavy atom. The molecule has 0 radical (unpaired) electrons. The molecule has 0 amide bonds. The largest absolute Gasteiger partial charge is 0.367 e. The minimum Gasteiger partial charge on any atom is -0.367 e. The van der Waals surface area contributed by atoms with Gasteiger partial charge in [0.15, 0.2) is 0 Å². The molecule has 120 valence electrons. The number of pyridine rings is 1. The quantitative estimate of drug-likeness (QED) is 0.940. The van der Waals surface area contributed by atoms with E-state index in [0.717, 1.165) is 11.6 Å². The van der Waals surface area contributed by atoms with Crippen molar-refractivity contribution in [1.29, 1.82) is 0 Å². The highest BCUT2D eigenvalue weighted by Gasteiger charge is 2.36. The lowest BCUT2D eigenvalue weighted by Crippen LogP contribution is -2.40. The summed E-state index contributed by atoms with van der Waals surface area (Å²) in [6.07, 6.45) is 8.22. The predicted molar refractivity (Wildman–Crippen MR) is 87.1 cm³/mol. The molecule has 0 atom stereocenters. The van der Waals surface area contributed by atoms with E-state index in [9.17, 15) is 0 Å². The molecule has 6 heteroatoms. The number of alkyl halides is 1. The molecule has 1 aliphatic heterocycles. The van der Waals surface area contributed by atoms with Gasteiger partial charge in [0.2, 0.25) is 0 Å². The highest BCUT2D eigenvalue weighted by atomic mass is 19.1. The molecule has 0 unspecified atom stereocenters. The molecule has 5 nitrogen and oxygen atoms in total. The summed E-state index contributed by atoms with van der Waals surface area (Å²) in [5, 5.41) is 3.38. The Morgan fingerprint density at radius 2 is 2.04 bits per heavy atom. The van der Waals surface area contributed by atoms with Gasteiger partial charge in [-0.15, -0.1) is 0 Å². The van der Waals surface area contributed by atoms with Crippen LogP contribution in [0.4, 0.5) is 16.0 Å². The van der Waals surface area contributed by atoms with Crippen molar-refractivity contribution < 1.29 is 4.39 Å². The van der Waals surface area contributed by atoms with Crippen molar-refractivity contribution in [2.45, 2.75) is 37.4 Å². The Kier molecular flexibility index (Phi) is 3.59. The van der Waals surface area contributed by atoms with E-state index in [-0.39, 0.29) is 0 Å². The summed E-state index contributed by atoms with van der Waals surface area (Å²) >= 11 is 0. The van der Waals surface area contributed by atoms with Gasteiger partial charge in [0.1, 0.15) is 23.6 Å². The number of rotatable bonds is 4. The highest BCUT2D eigenvalue weighted by Crippen LogP contribution is 2.37. The van der Waals surface area contributed by atoms with Crippen LogP contribution in [0.2, 0.25) is 0 Å². The van der Waals surface area contributed by atoms with Crippen LogP contribution >= 0.6 is 0 Å². The summed E-state index contributed by atoms with van der Waals surface area (Å²) in [4.78, 5) is 14.8. The minimum absolute atomic E-state index is 0.452. The first-order valence-corrected chi connectivity index (χ1v) is 8.16. The summed E-state index contributed by atoms with van der Waals surface area (Å²) < 4.78 is 15.1. The maximum Gasteiger partial charge on any atom is 0.140 e. The number of hydrogen-bond donors (Lipinski definition) is 1. The zero-order chi connectivity index (χ0) is 15.7. The summed E-state index contributed by atoms with van der Waals surface area (Å²) in [6.45, 7) is 1.29. The van der Waals surface area contributed by atoms with E-state index in [1.807, 2.05) is 12.1 Å². The topological polar surface area (TPSA) is 53.9 Å². The summed E-state index contributed by atoms with van der Waals surface area (Å²) in [6, 6.07) is 6.14. The third kappa shape index (κ3) is 3.11. The van der Waals surface area contributed by atoms with Gasteiger partial charge in [0.25, 0.3) is 0 Å². The van der Waals surface area contributed by atoms with E-state index in [1.54, 1.807) is 24.8 Å². The molecule has 1 aliphatic carbocycles. The molecule has 2 aromatic rings. The standard InChI is InChI=1S/C17H20FN5/c18-17(13-2-1-7-19-11-13)5-8-23(9-6-17)16-10-15(20-12-21-16)22-14-3-4-14/h1-2,7,10-12,14H,3-6,8-9H2,(H,20,21,22). The van der Waals surface area contributed by atoms with Gasteiger partial charge >= 0.3 is 0 Å². The fraction of sp³-hybridized carbons (Fsp3) is 0.471. The second kappa shape index (κ2) is 5.76. The van der Waals surface area contributed by atoms with Crippen molar-refractivity contribution >= 4 is 11.6 Å². The van der Waals surface area contributed by atoms with Crippen LogP contribution in [-0.2, 0) is 5.67 Å². The normalized spacial score (nSPS) is 20.3. The highest BCUT2D eigenvalue weighted by molar-refractivity contribution is 5.50. The van der Waals surface area contributed by atoms with Gasteiger partial charge in [-0.1, -0.05) is 6.07 Å². The van der Waals surface area contributed by atoms with E-state index in [2.05, 4.69) is 25.2 Å². The van der Waals surface area contributed by atoms with Crippen LogP contribution in [0.1, 0.15) is 31.2 Å². The second-order valence-electron chi connectivity index (χ2n) is 6.37. The lowest BCUT2D eigenvalue weighted by atomic mass is 9.87. The molecule has 3 heterocycles. The van der Waals surface area contributed by atoms with Crippen molar-refractivity contribution in [3.63, 3.8) is 0 Å². The number of hydrogen-bond acceptors (Lipinski definition) is 5. The van der Waals surface area contributed by atoms with Crippen LogP contribution in [0.5, 0.6) is 0 Å². The Bertz CT molecular complexity index is 666. The third-order valence-corrected chi connectivity index (χ3v) is 4.64. The van der Waals surface area contributed by atoms with E-state index >= 15 is 4.39 Å². The number of anilines is 2. The monoisotopic (exact) mass is 313 g/mol. The van der Waals surface area contributed by atoms with E-state index in [1.165, 1.54) is 12.8 Å².